The molecule has 0 aromatic carbocycles. The molecule has 3 heteroatoms. The number of hydrogen-bond acceptors (Lipinski definition) is 0. The first-order chi connectivity index (χ1) is 12.6. The Morgan fingerprint density at radius 2 is 0.852 bits per heavy atom. The van der Waals surface area contributed by atoms with Gasteiger partial charge >= 0.3 is 181 Å². The van der Waals surface area contributed by atoms with E-state index in [1.54, 1.807) is 0 Å². The zero-order valence-electron chi connectivity index (χ0n) is 19.7. The van der Waals surface area contributed by atoms with Crippen molar-refractivity contribution in [1.82, 2.24) is 0 Å². The van der Waals surface area contributed by atoms with Crippen molar-refractivity contribution in [2.24, 2.45) is 0 Å². The van der Waals surface area contributed by atoms with Gasteiger partial charge in [0.25, 0.3) is 0 Å². The van der Waals surface area contributed by atoms with Gasteiger partial charge in [-0.25, -0.2) is 0 Å². The molecule has 0 saturated carbocycles. The van der Waals surface area contributed by atoms with Gasteiger partial charge in [-0.1, -0.05) is 0 Å². The number of hydrogen-bond donors (Lipinski definition) is 0. The molecule has 0 radical (unpaired) electrons. The summed E-state index contributed by atoms with van der Waals surface area (Å²) in [4.78, 5) is 0. The first kappa shape index (κ1) is 27.5. The summed E-state index contributed by atoms with van der Waals surface area (Å²) in [5.41, 5.74) is 0.629. The van der Waals surface area contributed by atoms with Crippen LogP contribution in [-0.2, 0) is 17.0 Å². The minimum atomic E-state index is -1.39. The monoisotopic (exact) mass is 504 g/mol. The van der Waals surface area contributed by atoms with Crippen LogP contribution in [-0.4, -0.2) is 35.0 Å². The fourth-order valence-electron chi connectivity index (χ4n) is 3.84. The third-order valence-electron chi connectivity index (χ3n) is 5.71. The average Bonchev–Trinajstić information content (AvgIpc) is 2.58. The van der Waals surface area contributed by atoms with Crippen molar-refractivity contribution in [3.05, 3.63) is 48.6 Å². The van der Waals surface area contributed by atoms with E-state index in [1.807, 2.05) is 0 Å². The van der Waals surface area contributed by atoms with Gasteiger partial charge in [-0.15, -0.1) is 0 Å². The Balaban J connectivity index is 6.08. The topological polar surface area (TPSA) is 0 Å². The van der Waals surface area contributed by atoms with Gasteiger partial charge in [0, 0.05) is 0 Å². The molecule has 27 heavy (non-hydrogen) atoms. The zero-order valence-corrected chi connectivity index (χ0v) is 23.2. The van der Waals surface area contributed by atoms with Crippen LogP contribution in [0.4, 0.5) is 0 Å². The maximum absolute atomic E-state index is 2.53. The van der Waals surface area contributed by atoms with Crippen molar-refractivity contribution in [3.8, 4) is 0 Å². The van der Waals surface area contributed by atoms with E-state index in [9.17, 15) is 0 Å². The molecule has 0 aliphatic heterocycles. The predicted octanol–water partition coefficient (Wildman–Crippen LogP) is 8.30. The summed E-state index contributed by atoms with van der Waals surface area (Å²) in [6, 6.07) is 0. The molecule has 0 unspecified atom stereocenters. The van der Waals surface area contributed by atoms with Crippen LogP contribution >= 0.6 is 10.9 Å². The Labute approximate surface area is 180 Å². The van der Waals surface area contributed by atoms with Crippen LogP contribution in [0.5, 0.6) is 0 Å². The van der Waals surface area contributed by atoms with Gasteiger partial charge in [-0.2, -0.15) is 0 Å². The molecule has 0 aliphatic rings. The third-order valence-corrected chi connectivity index (χ3v) is 42.8. The molecule has 0 fully saturated rings. The Bertz CT molecular complexity index is 448. The average molecular weight is 505 g/mol. The third kappa shape index (κ3) is 8.02. The second kappa shape index (κ2) is 13.7. The minimum absolute atomic E-state index is 0.852. The van der Waals surface area contributed by atoms with Gasteiger partial charge < -0.3 is 0 Å². The summed E-state index contributed by atoms with van der Waals surface area (Å²) in [5.74, 6) is 0. The van der Waals surface area contributed by atoms with Gasteiger partial charge in [-0.3, -0.25) is 0 Å². The van der Waals surface area contributed by atoms with Crippen LogP contribution in [0, 0.1) is 0 Å². The summed E-state index contributed by atoms with van der Waals surface area (Å²) in [6.45, 7) is 24.5. The first-order valence-corrected chi connectivity index (χ1v) is 19.8. The van der Waals surface area contributed by atoms with E-state index in [1.165, 1.54) is 12.3 Å². The van der Waals surface area contributed by atoms with Crippen molar-refractivity contribution in [2.45, 2.75) is 91.9 Å². The molecule has 0 N–H and O–H groups in total. The summed E-state index contributed by atoms with van der Waals surface area (Å²) < 4.78 is 0. The molecule has 0 aliphatic carbocycles. The molecule has 0 atom stereocenters. The van der Waals surface area contributed by atoms with Gasteiger partial charge in [0.15, 0.2) is 0 Å². The fourth-order valence-corrected chi connectivity index (χ4v) is 47.2. The SMILES string of the molecule is CC=CC=CC[PH]([Pd][PH](CC=CC=CC)(C(C)C)C(C)C)(C(C)C)C(C)C. The Kier molecular flexibility index (Phi) is 13.9. The van der Waals surface area contributed by atoms with Crippen molar-refractivity contribution in [2.75, 3.05) is 12.3 Å². The molecule has 0 bridgehead atoms. The van der Waals surface area contributed by atoms with Crippen LogP contribution in [0.25, 0.3) is 0 Å². The van der Waals surface area contributed by atoms with Crippen molar-refractivity contribution < 1.29 is 17.0 Å². The van der Waals surface area contributed by atoms with Gasteiger partial charge in [0.2, 0.25) is 0 Å². The Hall–Kier alpha value is 0.482. The molecule has 164 valence electrons. The van der Waals surface area contributed by atoms with E-state index in [2.05, 4.69) is 118 Å². The van der Waals surface area contributed by atoms with Crippen LogP contribution in [0.15, 0.2) is 48.6 Å². The summed E-state index contributed by atoms with van der Waals surface area (Å²) in [5, 5.41) is 0. The summed E-state index contributed by atoms with van der Waals surface area (Å²) in [6.07, 6.45) is 21.0. The van der Waals surface area contributed by atoms with Gasteiger partial charge in [0.05, 0.1) is 0 Å². The maximum atomic E-state index is 2.53. The van der Waals surface area contributed by atoms with Crippen LogP contribution in [0.3, 0.4) is 0 Å². The predicted molar refractivity (Wildman–Crippen MR) is 135 cm³/mol. The molecule has 0 aromatic rings. The normalized spacial score (nSPS) is 16.1. The van der Waals surface area contributed by atoms with Crippen molar-refractivity contribution in [1.29, 1.82) is 0 Å². The molecule has 0 nitrogen and oxygen atoms in total. The summed E-state index contributed by atoms with van der Waals surface area (Å²) in [7, 11) is 0. The zero-order chi connectivity index (χ0) is 21.1. The second-order valence-corrected chi connectivity index (χ2v) is 30.5. The number of allylic oxidation sites excluding steroid dienone is 8. The van der Waals surface area contributed by atoms with E-state index in [0.29, 0.717) is 0 Å². The van der Waals surface area contributed by atoms with Crippen LogP contribution in [0.2, 0.25) is 0 Å². The molecule has 0 rings (SSSR count). The van der Waals surface area contributed by atoms with Crippen molar-refractivity contribution in [3.63, 3.8) is 0 Å². The molecule has 0 aromatic heterocycles. The fraction of sp³-hybridized carbons (Fsp3) is 0.667. The van der Waals surface area contributed by atoms with Crippen LogP contribution < -0.4 is 0 Å². The van der Waals surface area contributed by atoms with E-state index >= 15 is 0 Å². The van der Waals surface area contributed by atoms with Gasteiger partial charge in [-0.05, 0) is 0 Å². The quantitative estimate of drug-likeness (QED) is 0.142. The van der Waals surface area contributed by atoms with Gasteiger partial charge in [0.1, 0.15) is 0 Å². The van der Waals surface area contributed by atoms with E-state index in [0.717, 1.165) is 39.6 Å². The molecule has 0 saturated heterocycles. The van der Waals surface area contributed by atoms with Crippen LogP contribution in [0.1, 0.15) is 69.2 Å². The second-order valence-electron chi connectivity index (χ2n) is 8.75. The number of rotatable bonds is 12. The molecule has 0 heterocycles. The van der Waals surface area contributed by atoms with E-state index in [-0.39, 0.29) is 0 Å². The Morgan fingerprint density at radius 3 is 1.07 bits per heavy atom. The molecular weight excluding hydrogens is 457 g/mol. The Morgan fingerprint density at radius 1 is 0.556 bits per heavy atom. The van der Waals surface area contributed by atoms with E-state index in [4.69, 9.17) is 0 Å². The summed E-state index contributed by atoms with van der Waals surface area (Å²) >= 11 is 0.961. The first-order valence-electron chi connectivity index (χ1n) is 10.8. The molecule has 0 amide bonds. The molecular formula is C24H48P2Pd. The van der Waals surface area contributed by atoms with Crippen molar-refractivity contribution >= 4 is 10.9 Å². The molecule has 0 spiro atoms. The van der Waals surface area contributed by atoms with E-state index < -0.39 is 10.9 Å². The standard InChI is InChI=1S/2C12H23P.Pd/c2*1-6-7-8-9-10-13(11(2)3)12(4)5;/h2*6-9,11-12H,10H2,1-5H3;/q;;-2/p+2.